The Kier molecular flexibility index (Phi) is 2.26. The number of carboxylic acids is 1. The molecule has 0 radical (unpaired) electrons. The number of ether oxygens (including phenoxy) is 1. The van der Waals surface area contributed by atoms with Gasteiger partial charge >= 0.3 is 5.97 Å². The molecule has 1 aliphatic heterocycles. The number of para-hydroxylation sites is 1. The number of carboxylic acid groups (broad SMARTS) is 1. The van der Waals surface area contributed by atoms with Gasteiger partial charge in [0, 0.05) is 6.54 Å². The first-order valence-electron chi connectivity index (χ1n) is 4.52. The number of aromatic carboxylic acids is 1. The van der Waals surface area contributed by atoms with Crippen LogP contribution in [0.25, 0.3) is 0 Å². The molecule has 1 aliphatic rings. The third-order valence-electron chi connectivity index (χ3n) is 2.13. The van der Waals surface area contributed by atoms with Gasteiger partial charge in [0.1, 0.15) is 5.56 Å². The summed E-state index contributed by atoms with van der Waals surface area (Å²) in [5.41, 5.74) is 0.985. The standard InChI is InChI=1S/C10H11NO3/c12-10(13)7-3-1-4-8-9(7)14-6-2-5-11-8/h1,3-4,11H,2,5-6H2,(H,12,13). The normalized spacial score (nSPS) is 14.6. The first-order chi connectivity index (χ1) is 6.79. The highest BCUT2D eigenvalue weighted by atomic mass is 16.5. The minimum absolute atomic E-state index is 0.219. The SMILES string of the molecule is O=C(O)c1cccc2c1OCCCN2. The van der Waals surface area contributed by atoms with Gasteiger partial charge in [0.05, 0.1) is 12.3 Å². The van der Waals surface area contributed by atoms with Crippen molar-refractivity contribution in [2.75, 3.05) is 18.5 Å². The molecule has 0 fully saturated rings. The maximum atomic E-state index is 10.9. The van der Waals surface area contributed by atoms with Crippen molar-refractivity contribution < 1.29 is 14.6 Å². The molecule has 74 valence electrons. The third kappa shape index (κ3) is 1.51. The summed E-state index contributed by atoms with van der Waals surface area (Å²) in [6.45, 7) is 1.38. The fourth-order valence-corrected chi connectivity index (χ4v) is 1.47. The zero-order chi connectivity index (χ0) is 9.97. The second-order valence-electron chi connectivity index (χ2n) is 3.12. The van der Waals surface area contributed by atoms with Crippen LogP contribution in [0, 0.1) is 0 Å². The largest absolute Gasteiger partial charge is 0.490 e. The lowest BCUT2D eigenvalue weighted by Gasteiger charge is -2.09. The van der Waals surface area contributed by atoms with Crippen LogP contribution < -0.4 is 10.1 Å². The van der Waals surface area contributed by atoms with Gasteiger partial charge in [-0.1, -0.05) is 6.07 Å². The number of benzene rings is 1. The summed E-state index contributed by atoms with van der Waals surface area (Å²) in [5.74, 6) is -0.497. The van der Waals surface area contributed by atoms with Crippen LogP contribution in [0.2, 0.25) is 0 Å². The fraction of sp³-hybridized carbons (Fsp3) is 0.300. The van der Waals surface area contributed by atoms with Crippen LogP contribution >= 0.6 is 0 Å². The predicted molar refractivity (Wildman–Crippen MR) is 52.0 cm³/mol. The number of rotatable bonds is 1. The Morgan fingerprint density at radius 2 is 2.36 bits per heavy atom. The lowest BCUT2D eigenvalue weighted by atomic mass is 10.1. The summed E-state index contributed by atoms with van der Waals surface area (Å²) in [4.78, 5) is 10.9. The van der Waals surface area contributed by atoms with Crippen molar-refractivity contribution in [1.29, 1.82) is 0 Å². The Hall–Kier alpha value is -1.71. The average Bonchev–Trinajstić information content (AvgIpc) is 2.41. The number of hydrogen-bond acceptors (Lipinski definition) is 3. The van der Waals surface area contributed by atoms with Gasteiger partial charge in [-0.3, -0.25) is 0 Å². The molecule has 1 aromatic carbocycles. The van der Waals surface area contributed by atoms with Crippen molar-refractivity contribution in [3.63, 3.8) is 0 Å². The van der Waals surface area contributed by atoms with E-state index in [1.807, 2.05) is 6.07 Å². The molecule has 0 aliphatic carbocycles. The minimum atomic E-state index is -0.953. The third-order valence-corrected chi connectivity index (χ3v) is 2.13. The molecule has 0 saturated heterocycles. The van der Waals surface area contributed by atoms with Crippen LogP contribution in [0.3, 0.4) is 0 Å². The van der Waals surface area contributed by atoms with E-state index in [0.717, 1.165) is 18.7 Å². The Morgan fingerprint density at radius 1 is 1.50 bits per heavy atom. The van der Waals surface area contributed by atoms with Gasteiger partial charge in [-0.05, 0) is 18.6 Å². The van der Waals surface area contributed by atoms with Crippen molar-refractivity contribution in [2.45, 2.75) is 6.42 Å². The smallest absolute Gasteiger partial charge is 0.339 e. The number of anilines is 1. The van der Waals surface area contributed by atoms with E-state index in [-0.39, 0.29) is 5.56 Å². The molecule has 4 heteroatoms. The van der Waals surface area contributed by atoms with Gasteiger partial charge in [-0.15, -0.1) is 0 Å². The van der Waals surface area contributed by atoms with Crippen LogP contribution in [0.4, 0.5) is 5.69 Å². The van der Waals surface area contributed by atoms with Crippen LogP contribution in [-0.2, 0) is 0 Å². The summed E-state index contributed by atoms with van der Waals surface area (Å²) in [5, 5.41) is 12.1. The van der Waals surface area contributed by atoms with Gasteiger partial charge in [-0.2, -0.15) is 0 Å². The zero-order valence-electron chi connectivity index (χ0n) is 7.62. The number of carbonyl (C=O) groups is 1. The number of hydrogen-bond donors (Lipinski definition) is 2. The number of fused-ring (bicyclic) bond motifs is 1. The molecule has 14 heavy (non-hydrogen) atoms. The van der Waals surface area contributed by atoms with Crippen LogP contribution in [0.15, 0.2) is 18.2 Å². The summed E-state index contributed by atoms with van der Waals surface area (Å²) in [7, 11) is 0. The lowest BCUT2D eigenvalue weighted by molar-refractivity contribution is 0.0692. The van der Waals surface area contributed by atoms with E-state index in [1.54, 1.807) is 12.1 Å². The number of nitrogens with one attached hydrogen (secondary N) is 1. The Balaban J connectivity index is 2.47. The van der Waals surface area contributed by atoms with E-state index in [1.165, 1.54) is 0 Å². The highest BCUT2D eigenvalue weighted by molar-refractivity contribution is 5.93. The van der Waals surface area contributed by atoms with Crippen molar-refractivity contribution >= 4 is 11.7 Å². The molecule has 0 atom stereocenters. The molecule has 2 rings (SSSR count). The maximum absolute atomic E-state index is 10.9. The lowest BCUT2D eigenvalue weighted by Crippen LogP contribution is -2.03. The molecular formula is C10H11NO3. The van der Waals surface area contributed by atoms with E-state index in [9.17, 15) is 4.79 Å². The van der Waals surface area contributed by atoms with Crippen molar-refractivity contribution in [3.05, 3.63) is 23.8 Å². The van der Waals surface area contributed by atoms with Gasteiger partial charge < -0.3 is 15.2 Å². The Morgan fingerprint density at radius 3 is 3.14 bits per heavy atom. The minimum Gasteiger partial charge on any atom is -0.490 e. The summed E-state index contributed by atoms with van der Waals surface area (Å²) < 4.78 is 5.40. The van der Waals surface area contributed by atoms with E-state index in [4.69, 9.17) is 9.84 Å². The van der Waals surface area contributed by atoms with Crippen LogP contribution in [0.5, 0.6) is 5.75 Å². The quantitative estimate of drug-likeness (QED) is 0.710. The molecule has 2 N–H and O–H groups in total. The van der Waals surface area contributed by atoms with Gasteiger partial charge in [0.2, 0.25) is 0 Å². The highest BCUT2D eigenvalue weighted by Gasteiger charge is 2.16. The first kappa shape index (κ1) is 8.87. The monoisotopic (exact) mass is 193 g/mol. The van der Waals surface area contributed by atoms with Gasteiger partial charge in [0.15, 0.2) is 5.75 Å². The van der Waals surface area contributed by atoms with E-state index < -0.39 is 5.97 Å². The molecule has 4 nitrogen and oxygen atoms in total. The van der Waals surface area contributed by atoms with Crippen molar-refractivity contribution in [2.24, 2.45) is 0 Å². The second kappa shape index (κ2) is 3.57. The molecule has 1 aromatic rings. The topological polar surface area (TPSA) is 58.6 Å². The molecule has 1 heterocycles. The molecule has 0 spiro atoms. The van der Waals surface area contributed by atoms with Crippen LogP contribution in [0.1, 0.15) is 16.8 Å². The molecule has 0 saturated carbocycles. The summed E-state index contributed by atoms with van der Waals surface area (Å²) >= 11 is 0. The summed E-state index contributed by atoms with van der Waals surface area (Å²) in [6, 6.07) is 5.09. The molecular weight excluding hydrogens is 182 g/mol. The van der Waals surface area contributed by atoms with E-state index in [2.05, 4.69) is 5.32 Å². The maximum Gasteiger partial charge on any atom is 0.339 e. The molecule has 0 bridgehead atoms. The van der Waals surface area contributed by atoms with E-state index >= 15 is 0 Å². The average molecular weight is 193 g/mol. The molecule has 0 amide bonds. The second-order valence-corrected chi connectivity index (χ2v) is 3.12. The molecule has 0 unspecified atom stereocenters. The molecule has 0 aromatic heterocycles. The fourth-order valence-electron chi connectivity index (χ4n) is 1.47. The Bertz CT molecular complexity index is 362. The van der Waals surface area contributed by atoms with E-state index in [0.29, 0.717) is 12.4 Å². The van der Waals surface area contributed by atoms with Gasteiger partial charge in [0.25, 0.3) is 0 Å². The first-order valence-corrected chi connectivity index (χ1v) is 4.52. The van der Waals surface area contributed by atoms with Gasteiger partial charge in [-0.25, -0.2) is 4.79 Å². The van der Waals surface area contributed by atoms with Crippen LogP contribution in [-0.4, -0.2) is 24.2 Å². The van der Waals surface area contributed by atoms with Crippen molar-refractivity contribution in [3.8, 4) is 5.75 Å². The zero-order valence-corrected chi connectivity index (χ0v) is 7.62. The summed E-state index contributed by atoms with van der Waals surface area (Å²) in [6.07, 6.45) is 0.883. The van der Waals surface area contributed by atoms with Crippen molar-refractivity contribution in [1.82, 2.24) is 0 Å². The predicted octanol–water partition coefficient (Wildman–Crippen LogP) is 1.58. The highest BCUT2D eigenvalue weighted by Crippen LogP contribution is 2.30. The Labute approximate surface area is 81.5 Å².